The van der Waals surface area contributed by atoms with Crippen LogP contribution in [0.3, 0.4) is 0 Å². The van der Waals surface area contributed by atoms with Crippen molar-refractivity contribution in [1.29, 1.82) is 0 Å². The SMILES string of the molecule is Cc1ccc(C(F)(F)F)cc1-n1cccc1C(=O)Nc1ncnc2[nH]ncc12. The summed E-state index contributed by atoms with van der Waals surface area (Å²) in [7, 11) is 0. The first-order chi connectivity index (χ1) is 13.3. The maximum atomic E-state index is 13.1. The zero-order chi connectivity index (χ0) is 19.9. The van der Waals surface area contributed by atoms with Gasteiger partial charge in [0.2, 0.25) is 0 Å². The lowest BCUT2D eigenvalue weighted by Gasteiger charge is -2.15. The first-order valence-corrected chi connectivity index (χ1v) is 8.15. The molecule has 0 aliphatic rings. The fourth-order valence-electron chi connectivity index (χ4n) is 2.86. The van der Waals surface area contributed by atoms with Crippen molar-refractivity contribution in [1.82, 2.24) is 24.7 Å². The van der Waals surface area contributed by atoms with Gasteiger partial charge in [0.05, 0.1) is 17.1 Å². The van der Waals surface area contributed by atoms with E-state index in [9.17, 15) is 18.0 Å². The van der Waals surface area contributed by atoms with Gasteiger partial charge >= 0.3 is 6.18 Å². The van der Waals surface area contributed by atoms with E-state index in [1.807, 2.05) is 0 Å². The van der Waals surface area contributed by atoms with E-state index in [0.717, 1.165) is 12.1 Å². The summed E-state index contributed by atoms with van der Waals surface area (Å²) in [6, 6.07) is 6.51. The number of anilines is 1. The summed E-state index contributed by atoms with van der Waals surface area (Å²) in [5.74, 6) is -0.278. The van der Waals surface area contributed by atoms with Crippen LogP contribution in [0.25, 0.3) is 16.7 Å². The normalized spacial score (nSPS) is 11.7. The number of rotatable bonds is 3. The zero-order valence-corrected chi connectivity index (χ0v) is 14.4. The quantitative estimate of drug-likeness (QED) is 0.562. The number of nitrogens with zero attached hydrogens (tertiary/aromatic N) is 4. The van der Waals surface area contributed by atoms with Crippen LogP contribution in [0.15, 0.2) is 49.1 Å². The molecule has 7 nitrogen and oxygen atoms in total. The molecule has 1 amide bonds. The smallest absolute Gasteiger partial charge is 0.312 e. The van der Waals surface area contributed by atoms with Crippen molar-refractivity contribution < 1.29 is 18.0 Å². The molecule has 0 saturated carbocycles. The number of halogens is 3. The van der Waals surface area contributed by atoms with Gasteiger partial charge in [-0.2, -0.15) is 18.3 Å². The molecule has 0 atom stereocenters. The monoisotopic (exact) mass is 386 g/mol. The number of hydrogen-bond donors (Lipinski definition) is 2. The van der Waals surface area contributed by atoms with E-state index in [1.165, 1.54) is 35.4 Å². The van der Waals surface area contributed by atoms with Gasteiger partial charge in [-0.15, -0.1) is 0 Å². The van der Waals surface area contributed by atoms with Crippen LogP contribution in [-0.2, 0) is 6.18 Å². The maximum absolute atomic E-state index is 13.1. The van der Waals surface area contributed by atoms with E-state index >= 15 is 0 Å². The first-order valence-electron chi connectivity index (χ1n) is 8.15. The van der Waals surface area contributed by atoms with Crippen LogP contribution in [0, 0.1) is 6.92 Å². The van der Waals surface area contributed by atoms with Crippen LogP contribution in [-0.4, -0.2) is 30.6 Å². The van der Waals surface area contributed by atoms with Crippen molar-refractivity contribution in [3.8, 4) is 5.69 Å². The van der Waals surface area contributed by atoms with Gasteiger partial charge in [-0.25, -0.2) is 9.97 Å². The highest BCUT2D eigenvalue weighted by Gasteiger charge is 2.31. The van der Waals surface area contributed by atoms with Crippen molar-refractivity contribution in [2.24, 2.45) is 0 Å². The van der Waals surface area contributed by atoms with Crippen LogP contribution < -0.4 is 5.32 Å². The summed E-state index contributed by atoms with van der Waals surface area (Å²) in [5.41, 5.74) is 0.690. The number of aryl methyl sites for hydroxylation is 1. The summed E-state index contributed by atoms with van der Waals surface area (Å²) in [5, 5.41) is 9.69. The standard InChI is InChI=1S/C18H13F3N6O/c1-10-4-5-11(18(19,20)21)7-14(10)27-6-2-3-13(27)17(28)25-15-12-8-24-26-16(12)23-9-22-15/h2-9H,1H3,(H2,22,23,24,25,26,28). The second-order valence-corrected chi connectivity index (χ2v) is 6.07. The number of aromatic amines is 1. The molecule has 0 aliphatic heterocycles. The van der Waals surface area contributed by atoms with E-state index in [4.69, 9.17) is 0 Å². The molecule has 4 aromatic rings. The maximum Gasteiger partial charge on any atom is 0.416 e. The van der Waals surface area contributed by atoms with Gasteiger partial charge in [-0.1, -0.05) is 6.07 Å². The predicted octanol–water partition coefficient (Wildman–Crippen LogP) is 3.72. The molecule has 0 saturated heterocycles. The molecule has 0 unspecified atom stereocenters. The largest absolute Gasteiger partial charge is 0.416 e. The Labute approximate surface area is 156 Å². The predicted molar refractivity (Wildman–Crippen MR) is 95.1 cm³/mol. The summed E-state index contributed by atoms with van der Waals surface area (Å²) in [4.78, 5) is 20.8. The van der Waals surface area contributed by atoms with Gasteiger partial charge in [0.25, 0.3) is 5.91 Å². The lowest BCUT2D eigenvalue weighted by Crippen LogP contribution is -2.18. The molecule has 2 N–H and O–H groups in total. The Balaban J connectivity index is 1.72. The minimum atomic E-state index is -4.48. The van der Waals surface area contributed by atoms with Crippen molar-refractivity contribution in [2.75, 3.05) is 5.32 Å². The Morgan fingerprint density at radius 1 is 1.21 bits per heavy atom. The fourth-order valence-corrected chi connectivity index (χ4v) is 2.86. The van der Waals surface area contributed by atoms with E-state index in [2.05, 4.69) is 25.5 Å². The lowest BCUT2D eigenvalue weighted by atomic mass is 10.1. The van der Waals surface area contributed by atoms with Crippen molar-refractivity contribution in [2.45, 2.75) is 13.1 Å². The first kappa shape index (κ1) is 17.7. The second kappa shape index (κ2) is 6.48. The Bertz CT molecular complexity index is 1180. The molecule has 0 bridgehead atoms. The lowest BCUT2D eigenvalue weighted by molar-refractivity contribution is -0.137. The summed E-state index contributed by atoms with van der Waals surface area (Å²) in [6.07, 6.45) is -0.205. The summed E-state index contributed by atoms with van der Waals surface area (Å²) in [6.45, 7) is 1.68. The number of carbonyl (C=O) groups excluding carboxylic acids is 1. The van der Waals surface area contributed by atoms with Crippen LogP contribution in [0.4, 0.5) is 19.0 Å². The summed E-state index contributed by atoms with van der Waals surface area (Å²) < 4.78 is 40.7. The number of alkyl halides is 3. The molecule has 1 aromatic carbocycles. The third kappa shape index (κ3) is 3.08. The minimum absolute atomic E-state index is 0.165. The Morgan fingerprint density at radius 2 is 2.04 bits per heavy atom. The third-order valence-corrected chi connectivity index (χ3v) is 4.26. The molecule has 142 valence electrons. The second-order valence-electron chi connectivity index (χ2n) is 6.07. The van der Waals surface area contributed by atoms with Gasteiger partial charge in [0.1, 0.15) is 17.8 Å². The molecule has 10 heteroatoms. The highest BCUT2D eigenvalue weighted by atomic mass is 19.4. The molecule has 0 radical (unpaired) electrons. The number of benzene rings is 1. The van der Waals surface area contributed by atoms with Crippen molar-refractivity contribution in [3.05, 3.63) is 65.9 Å². The molecular weight excluding hydrogens is 373 g/mol. The van der Waals surface area contributed by atoms with Crippen LogP contribution in [0.2, 0.25) is 0 Å². The third-order valence-electron chi connectivity index (χ3n) is 4.26. The van der Waals surface area contributed by atoms with Gasteiger partial charge in [-0.3, -0.25) is 9.89 Å². The molecule has 0 fully saturated rings. The van der Waals surface area contributed by atoms with E-state index in [0.29, 0.717) is 16.6 Å². The van der Waals surface area contributed by atoms with E-state index < -0.39 is 17.6 Å². The van der Waals surface area contributed by atoms with Gasteiger partial charge in [-0.05, 0) is 36.8 Å². The number of H-pyrrole nitrogens is 1. The molecule has 0 spiro atoms. The molecule has 4 rings (SSSR count). The fraction of sp³-hybridized carbons (Fsp3) is 0.111. The topological polar surface area (TPSA) is 88.5 Å². The van der Waals surface area contributed by atoms with Gasteiger partial charge in [0, 0.05) is 11.9 Å². The average Bonchev–Trinajstić information content (AvgIpc) is 3.31. The number of fused-ring (bicyclic) bond motifs is 1. The molecular formula is C18H13F3N6O. The van der Waals surface area contributed by atoms with Gasteiger partial charge in [0.15, 0.2) is 5.65 Å². The zero-order valence-electron chi connectivity index (χ0n) is 14.4. The van der Waals surface area contributed by atoms with Crippen LogP contribution in [0.1, 0.15) is 21.6 Å². The molecule has 3 heterocycles. The van der Waals surface area contributed by atoms with E-state index in [1.54, 1.807) is 13.0 Å². The number of aromatic nitrogens is 5. The highest BCUT2D eigenvalue weighted by molar-refractivity contribution is 6.06. The molecule has 0 aliphatic carbocycles. The highest BCUT2D eigenvalue weighted by Crippen LogP contribution is 2.32. The Morgan fingerprint density at radius 3 is 2.82 bits per heavy atom. The van der Waals surface area contributed by atoms with Crippen molar-refractivity contribution in [3.63, 3.8) is 0 Å². The van der Waals surface area contributed by atoms with Crippen LogP contribution in [0.5, 0.6) is 0 Å². The molecule has 28 heavy (non-hydrogen) atoms. The number of amides is 1. The Kier molecular flexibility index (Phi) is 4.10. The average molecular weight is 386 g/mol. The summed E-state index contributed by atoms with van der Waals surface area (Å²) >= 11 is 0. The number of carbonyl (C=O) groups is 1. The molecule has 3 aromatic heterocycles. The van der Waals surface area contributed by atoms with Crippen LogP contribution >= 0.6 is 0 Å². The van der Waals surface area contributed by atoms with E-state index in [-0.39, 0.29) is 17.2 Å². The van der Waals surface area contributed by atoms with Crippen molar-refractivity contribution >= 4 is 22.8 Å². The number of hydrogen-bond acceptors (Lipinski definition) is 4. The Hall–Kier alpha value is -3.69. The number of nitrogens with one attached hydrogen (secondary N) is 2. The van der Waals surface area contributed by atoms with Gasteiger partial charge < -0.3 is 9.88 Å². The minimum Gasteiger partial charge on any atom is -0.312 e.